The van der Waals surface area contributed by atoms with Gasteiger partial charge in [0, 0.05) is 16.3 Å². The lowest BCUT2D eigenvalue weighted by molar-refractivity contribution is -0.137. The molecule has 0 saturated carbocycles. The Balaban J connectivity index is 1.84. The highest BCUT2D eigenvalue weighted by Gasteiger charge is 2.29. The Morgan fingerprint density at radius 2 is 1.97 bits per heavy atom. The number of amides is 1. The maximum atomic E-state index is 12.6. The van der Waals surface area contributed by atoms with Gasteiger partial charge in [0.2, 0.25) is 0 Å². The molecule has 29 heavy (non-hydrogen) atoms. The summed E-state index contributed by atoms with van der Waals surface area (Å²) >= 11 is 2.24. The van der Waals surface area contributed by atoms with Crippen LogP contribution in [-0.2, 0) is 10.6 Å². The van der Waals surface area contributed by atoms with Crippen LogP contribution < -0.4 is 11.1 Å². The van der Waals surface area contributed by atoms with Crippen molar-refractivity contribution < 1.29 is 18.0 Å². The van der Waals surface area contributed by atoms with E-state index < -0.39 is 17.6 Å². The second-order valence-corrected chi connectivity index (χ2v) is 6.76. The number of aromatic amines is 1. The van der Waals surface area contributed by atoms with Gasteiger partial charge in [-0.1, -0.05) is 46.9 Å². The number of nitrogens with one attached hydrogen (secondary N) is 2. The second-order valence-electron chi connectivity index (χ2n) is 6.00. The van der Waals surface area contributed by atoms with Crippen LogP contribution in [0.1, 0.15) is 27.0 Å². The third-order valence-corrected chi connectivity index (χ3v) is 4.80. The molecule has 3 aromatic rings. The molecule has 0 aliphatic rings. The zero-order valence-corrected chi connectivity index (χ0v) is 17.0. The van der Waals surface area contributed by atoms with Gasteiger partial charge in [-0.15, -0.1) is 0 Å². The standard InChI is InChI=1S/C19H15F3IN5O/c20-19(21,22)13-6-4-11(5-7-13)10-25-17-15(16(24)29)18(28-27-17)26-14-3-1-2-12(8-14)9-23/h1-8,10H,9H2,(H2,24,29)(H2,26,27,28)/b25-10+. The second kappa shape index (κ2) is 8.64. The quantitative estimate of drug-likeness (QED) is 0.247. The van der Waals surface area contributed by atoms with Crippen LogP contribution in [0.15, 0.2) is 53.5 Å². The van der Waals surface area contributed by atoms with Gasteiger partial charge >= 0.3 is 6.18 Å². The predicted molar refractivity (Wildman–Crippen MR) is 113 cm³/mol. The van der Waals surface area contributed by atoms with Crippen molar-refractivity contribution in [2.45, 2.75) is 10.6 Å². The number of primary amides is 1. The number of H-pyrrole nitrogens is 1. The Morgan fingerprint density at radius 1 is 1.24 bits per heavy atom. The molecular weight excluding hydrogens is 498 g/mol. The monoisotopic (exact) mass is 513 g/mol. The average Bonchev–Trinajstić information content (AvgIpc) is 3.09. The number of hydrogen-bond acceptors (Lipinski definition) is 4. The molecule has 0 atom stereocenters. The number of aliphatic imine (C=N–C) groups is 1. The minimum absolute atomic E-state index is 0.0491. The van der Waals surface area contributed by atoms with Crippen LogP contribution in [0.25, 0.3) is 0 Å². The molecule has 0 fully saturated rings. The molecule has 2 aromatic carbocycles. The van der Waals surface area contributed by atoms with Crippen LogP contribution in [0.3, 0.4) is 0 Å². The van der Waals surface area contributed by atoms with Crippen molar-refractivity contribution in [3.8, 4) is 0 Å². The van der Waals surface area contributed by atoms with Crippen molar-refractivity contribution in [1.82, 2.24) is 10.2 Å². The van der Waals surface area contributed by atoms with E-state index in [2.05, 4.69) is 43.1 Å². The Bertz CT molecular complexity index is 1040. The molecule has 1 heterocycles. The number of halogens is 4. The van der Waals surface area contributed by atoms with Crippen molar-refractivity contribution in [3.63, 3.8) is 0 Å². The fourth-order valence-electron chi connectivity index (χ4n) is 2.52. The number of hydrogen-bond donors (Lipinski definition) is 3. The van der Waals surface area contributed by atoms with Crippen molar-refractivity contribution in [2.24, 2.45) is 10.7 Å². The van der Waals surface area contributed by atoms with Gasteiger partial charge in [0.1, 0.15) is 5.56 Å². The minimum Gasteiger partial charge on any atom is -0.365 e. The van der Waals surface area contributed by atoms with Gasteiger partial charge in [-0.2, -0.15) is 18.3 Å². The van der Waals surface area contributed by atoms with E-state index in [1.54, 1.807) is 0 Å². The molecule has 10 heteroatoms. The molecule has 0 spiro atoms. The third-order valence-electron chi connectivity index (χ3n) is 3.92. The molecule has 0 aliphatic heterocycles. The lowest BCUT2D eigenvalue weighted by Gasteiger charge is -2.06. The van der Waals surface area contributed by atoms with E-state index in [4.69, 9.17) is 5.73 Å². The Morgan fingerprint density at radius 3 is 2.59 bits per heavy atom. The van der Waals surface area contributed by atoms with Crippen molar-refractivity contribution in [3.05, 3.63) is 70.8 Å². The molecule has 150 valence electrons. The van der Waals surface area contributed by atoms with Gasteiger partial charge in [-0.25, -0.2) is 4.99 Å². The fraction of sp³-hybridized carbons (Fsp3) is 0.105. The highest BCUT2D eigenvalue weighted by molar-refractivity contribution is 14.1. The number of rotatable bonds is 6. The normalized spacial score (nSPS) is 11.7. The first-order chi connectivity index (χ1) is 13.8. The van der Waals surface area contributed by atoms with E-state index >= 15 is 0 Å². The van der Waals surface area contributed by atoms with E-state index in [1.807, 2.05) is 24.3 Å². The fourth-order valence-corrected chi connectivity index (χ4v) is 2.99. The number of benzene rings is 2. The van der Waals surface area contributed by atoms with Gasteiger partial charge in [0.15, 0.2) is 11.6 Å². The van der Waals surface area contributed by atoms with Crippen LogP contribution in [0.5, 0.6) is 0 Å². The van der Waals surface area contributed by atoms with Crippen molar-refractivity contribution >= 4 is 52.0 Å². The van der Waals surface area contributed by atoms with E-state index in [0.717, 1.165) is 27.8 Å². The van der Waals surface area contributed by atoms with E-state index in [1.165, 1.54) is 18.3 Å². The Kier molecular flexibility index (Phi) is 6.20. The molecule has 0 unspecified atom stereocenters. The number of nitrogens with zero attached hydrogens (tertiary/aromatic N) is 2. The third kappa shape index (κ3) is 5.13. The largest absolute Gasteiger partial charge is 0.416 e. The van der Waals surface area contributed by atoms with Gasteiger partial charge in [-0.3, -0.25) is 9.89 Å². The summed E-state index contributed by atoms with van der Waals surface area (Å²) in [6, 6.07) is 12.0. The molecule has 0 saturated heterocycles. The number of anilines is 2. The average molecular weight is 513 g/mol. The topological polar surface area (TPSA) is 96.2 Å². The highest BCUT2D eigenvalue weighted by atomic mass is 127. The van der Waals surface area contributed by atoms with Gasteiger partial charge in [0.25, 0.3) is 5.91 Å². The number of carbonyl (C=O) groups is 1. The molecular formula is C19H15F3IN5O. The summed E-state index contributed by atoms with van der Waals surface area (Å²) in [5, 5.41) is 9.69. The number of nitrogens with two attached hydrogens (primary N) is 1. The highest BCUT2D eigenvalue weighted by Crippen LogP contribution is 2.29. The molecule has 4 N–H and O–H groups in total. The van der Waals surface area contributed by atoms with Crippen LogP contribution >= 0.6 is 22.6 Å². The first kappa shape index (κ1) is 20.8. The molecule has 3 rings (SSSR count). The lowest BCUT2D eigenvalue weighted by Crippen LogP contribution is -2.12. The van der Waals surface area contributed by atoms with Gasteiger partial charge in [-0.05, 0) is 35.4 Å². The molecule has 0 bridgehead atoms. The van der Waals surface area contributed by atoms with Crippen LogP contribution in [0.2, 0.25) is 0 Å². The van der Waals surface area contributed by atoms with E-state index in [9.17, 15) is 18.0 Å². The first-order valence-corrected chi connectivity index (χ1v) is 9.82. The van der Waals surface area contributed by atoms with Crippen molar-refractivity contribution in [1.29, 1.82) is 0 Å². The Hall–Kier alpha value is -2.89. The molecule has 1 aromatic heterocycles. The van der Waals surface area contributed by atoms with E-state index in [-0.39, 0.29) is 17.2 Å². The van der Waals surface area contributed by atoms with Gasteiger partial charge in [0.05, 0.1) is 5.56 Å². The smallest absolute Gasteiger partial charge is 0.365 e. The van der Waals surface area contributed by atoms with Crippen molar-refractivity contribution in [2.75, 3.05) is 5.32 Å². The molecule has 6 nitrogen and oxygen atoms in total. The zero-order chi connectivity index (χ0) is 21.0. The molecule has 0 radical (unpaired) electrons. The summed E-state index contributed by atoms with van der Waals surface area (Å²) in [6.07, 6.45) is -3.09. The molecule has 1 amide bonds. The zero-order valence-electron chi connectivity index (χ0n) is 14.8. The Labute approximate surface area is 177 Å². The van der Waals surface area contributed by atoms with Crippen LogP contribution in [0, 0.1) is 0 Å². The van der Waals surface area contributed by atoms with Crippen LogP contribution in [0.4, 0.5) is 30.5 Å². The summed E-state index contributed by atoms with van der Waals surface area (Å²) in [7, 11) is 0. The maximum Gasteiger partial charge on any atom is 0.416 e. The summed E-state index contributed by atoms with van der Waals surface area (Å²) in [6.45, 7) is 0. The SMILES string of the molecule is NC(=O)c1c(Nc2cccc(CI)c2)n[nH]c1/N=C/c1ccc(C(F)(F)F)cc1. The lowest BCUT2D eigenvalue weighted by atomic mass is 10.1. The van der Waals surface area contributed by atoms with E-state index in [0.29, 0.717) is 5.56 Å². The number of alkyl halides is 4. The minimum atomic E-state index is -4.41. The number of carbonyl (C=O) groups excluding carboxylic acids is 1. The summed E-state index contributed by atoms with van der Waals surface area (Å²) in [5.74, 6) is -0.432. The van der Waals surface area contributed by atoms with Gasteiger partial charge < -0.3 is 11.1 Å². The summed E-state index contributed by atoms with van der Waals surface area (Å²) in [4.78, 5) is 16.0. The number of aromatic nitrogens is 2. The van der Waals surface area contributed by atoms with Crippen LogP contribution in [-0.4, -0.2) is 22.3 Å². The summed E-state index contributed by atoms with van der Waals surface area (Å²) in [5.41, 5.74) is 7.00. The predicted octanol–water partition coefficient (Wildman–Crippen LogP) is 4.96. The summed E-state index contributed by atoms with van der Waals surface area (Å²) < 4.78 is 38.7. The maximum absolute atomic E-state index is 12.6. The molecule has 0 aliphatic carbocycles. The first-order valence-electron chi connectivity index (χ1n) is 8.29.